The molecule has 2 N–H and O–H groups in total. The van der Waals surface area contributed by atoms with Crippen LogP contribution in [0.1, 0.15) is 31.4 Å². The zero-order valence-corrected chi connectivity index (χ0v) is 11.5. The molecule has 1 fully saturated rings. The normalized spacial score (nSPS) is 21.9. The van der Waals surface area contributed by atoms with Crippen LogP contribution in [0.2, 0.25) is 0 Å². The molecule has 1 unspecified atom stereocenters. The molecule has 0 spiro atoms. The van der Waals surface area contributed by atoms with Gasteiger partial charge in [-0.15, -0.1) is 0 Å². The van der Waals surface area contributed by atoms with Crippen LogP contribution >= 0.6 is 15.9 Å². The molecule has 17 heavy (non-hydrogen) atoms. The van der Waals surface area contributed by atoms with Crippen molar-refractivity contribution in [1.29, 1.82) is 0 Å². The molecule has 3 nitrogen and oxygen atoms in total. The van der Waals surface area contributed by atoms with Crippen molar-refractivity contribution in [3.8, 4) is 0 Å². The molecule has 0 radical (unpaired) electrons. The Bertz CT molecular complexity index is 395. The predicted molar refractivity (Wildman–Crippen MR) is 72.2 cm³/mol. The van der Waals surface area contributed by atoms with Gasteiger partial charge in [0.25, 0.3) is 0 Å². The van der Waals surface area contributed by atoms with E-state index < -0.39 is 6.10 Å². The lowest BCUT2D eigenvalue weighted by Gasteiger charge is -2.26. The third-order valence-corrected chi connectivity index (χ3v) is 4.04. The molecule has 4 heteroatoms. The fourth-order valence-electron chi connectivity index (χ4n) is 2.40. The van der Waals surface area contributed by atoms with Crippen LogP contribution in [-0.4, -0.2) is 29.4 Å². The number of benzene rings is 1. The smallest absolute Gasteiger partial charge is 0.0772 e. The van der Waals surface area contributed by atoms with Crippen molar-refractivity contribution in [3.63, 3.8) is 0 Å². The first-order valence-corrected chi connectivity index (χ1v) is 6.77. The van der Waals surface area contributed by atoms with Gasteiger partial charge in [0.1, 0.15) is 0 Å². The molecule has 0 bridgehead atoms. The summed E-state index contributed by atoms with van der Waals surface area (Å²) in [6, 6.07) is 6.22. The number of anilines is 1. The molecule has 94 valence electrons. The number of rotatable bonds is 3. The highest BCUT2D eigenvalue weighted by molar-refractivity contribution is 9.10. The van der Waals surface area contributed by atoms with Gasteiger partial charge in [-0.05, 0) is 37.5 Å². The largest absolute Gasteiger partial charge is 0.394 e. The first-order chi connectivity index (χ1) is 8.13. The molecule has 2 rings (SSSR count). The van der Waals surface area contributed by atoms with Crippen LogP contribution in [0.15, 0.2) is 22.7 Å². The van der Waals surface area contributed by atoms with Crippen molar-refractivity contribution < 1.29 is 10.2 Å². The first-order valence-electron chi connectivity index (χ1n) is 5.98. The second-order valence-electron chi connectivity index (χ2n) is 4.55. The lowest BCUT2D eigenvalue weighted by Crippen LogP contribution is -2.31. The molecule has 1 aromatic carbocycles. The summed E-state index contributed by atoms with van der Waals surface area (Å²) < 4.78 is 0.925. The number of hydrogen-bond donors (Lipinski definition) is 2. The average Bonchev–Trinajstić information content (AvgIpc) is 2.76. The van der Waals surface area contributed by atoms with E-state index in [1.54, 1.807) is 6.92 Å². The van der Waals surface area contributed by atoms with Crippen LogP contribution < -0.4 is 4.90 Å². The van der Waals surface area contributed by atoms with Crippen molar-refractivity contribution in [2.75, 3.05) is 18.1 Å². The molecule has 1 heterocycles. The van der Waals surface area contributed by atoms with E-state index in [9.17, 15) is 10.2 Å². The lowest BCUT2D eigenvalue weighted by atomic mass is 10.1. The van der Waals surface area contributed by atoms with Crippen LogP contribution in [-0.2, 0) is 0 Å². The van der Waals surface area contributed by atoms with Gasteiger partial charge >= 0.3 is 0 Å². The zero-order chi connectivity index (χ0) is 12.4. The van der Waals surface area contributed by atoms with Crippen LogP contribution in [0.25, 0.3) is 0 Å². The molecule has 0 amide bonds. The van der Waals surface area contributed by atoms with Gasteiger partial charge in [-0.3, -0.25) is 0 Å². The highest BCUT2D eigenvalue weighted by atomic mass is 79.9. The van der Waals surface area contributed by atoms with Gasteiger partial charge in [0.05, 0.1) is 18.8 Å². The summed E-state index contributed by atoms with van der Waals surface area (Å²) in [5.74, 6) is 0. The summed E-state index contributed by atoms with van der Waals surface area (Å²) >= 11 is 3.49. The number of hydrogen-bond acceptors (Lipinski definition) is 3. The molecular formula is C13H18BrNO2. The quantitative estimate of drug-likeness (QED) is 0.901. The van der Waals surface area contributed by atoms with Gasteiger partial charge < -0.3 is 15.1 Å². The standard InChI is InChI=1S/C13H18BrNO2/c1-9(17)12-5-4-10(7-13(12)14)15-6-2-3-11(15)8-16/h4-5,7,9,11,16-17H,2-3,6,8H2,1H3/t9-,11?/m1/s1. The molecule has 0 saturated carbocycles. The van der Waals surface area contributed by atoms with E-state index in [1.165, 1.54) is 0 Å². The van der Waals surface area contributed by atoms with E-state index in [0.29, 0.717) is 0 Å². The molecule has 2 atom stereocenters. The Morgan fingerprint density at radius 2 is 2.29 bits per heavy atom. The Morgan fingerprint density at radius 1 is 1.53 bits per heavy atom. The van der Waals surface area contributed by atoms with Gasteiger partial charge in [0.15, 0.2) is 0 Å². The lowest BCUT2D eigenvalue weighted by molar-refractivity contribution is 0.198. The van der Waals surface area contributed by atoms with Crippen molar-refractivity contribution in [2.45, 2.75) is 31.9 Å². The monoisotopic (exact) mass is 299 g/mol. The Morgan fingerprint density at radius 3 is 2.88 bits per heavy atom. The molecule has 0 aliphatic carbocycles. The van der Waals surface area contributed by atoms with E-state index in [-0.39, 0.29) is 12.6 Å². The average molecular weight is 300 g/mol. The number of halogens is 1. The summed E-state index contributed by atoms with van der Waals surface area (Å²) in [6.07, 6.45) is 1.71. The molecule has 1 aliphatic heterocycles. The second-order valence-corrected chi connectivity index (χ2v) is 5.41. The van der Waals surface area contributed by atoms with Crippen molar-refractivity contribution in [3.05, 3.63) is 28.2 Å². The fourth-order valence-corrected chi connectivity index (χ4v) is 3.10. The summed E-state index contributed by atoms with van der Waals surface area (Å²) in [5, 5.41) is 18.9. The van der Waals surface area contributed by atoms with Gasteiger partial charge in [-0.2, -0.15) is 0 Å². The van der Waals surface area contributed by atoms with E-state index in [0.717, 1.165) is 35.1 Å². The van der Waals surface area contributed by atoms with E-state index >= 15 is 0 Å². The zero-order valence-electron chi connectivity index (χ0n) is 9.93. The minimum absolute atomic E-state index is 0.204. The first kappa shape index (κ1) is 12.9. The summed E-state index contributed by atoms with van der Waals surface area (Å²) in [7, 11) is 0. The third kappa shape index (κ3) is 2.64. The maximum atomic E-state index is 9.58. The van der Waals surface area contributed by atoms with Crippen LogP contribution in [0.4, 0.5) is 5.69 Å². The summed E-state index contributed by atoms with van der Waals surface area (Å²) in [4.78, 5) is 2.23. The van der Waals surface area contributed by atoms with Gasteiger partial charge in [0.2, 0.25) is 0 Å². The molecule has 0 aromatic heterocycles. The van der Waals surface area contributed by atoms with E-state index in [2.05, 4.69) is 20.8 Å². The van der Waals surface area contributed by atoms with E-state index in [4.69, 9.17) is 0 Å². The Kier molecular flexibility index (Phi) is 4.07. The van der Waals surface area contributed by atoms with Gasteiger partial charge in [0, 0.05) is 16.7 Å². The topological polar surface area (TPSA) is 43.7 Å². The predicted octanol–water partition coefficient (Wildman–Crippen LogP) is 2.46. The molecule has 1 aliphatic rings. The molecule has 1 aromatic rings. The maximum Gasteiger partial charge on any atom is 0.0772 e. The highest BCUT2D eigenvalue weighted by Gasteiger charge is 2.24. The van der Waals surface area contributed by atoms with Crippen LogP contribution in [0, 0.1) is 0 Å². The maximum absolute atomic E-state index is 9.58. The van der Waals surface area contributed by atoms with E-state index in [1.807, 2.05) is 18.2 Å². The number of aliphatic hydroxyl groups excluding tert-OH is 2. The van der Waals surface area contributed by atoms with Crippen molar-refractivity contribution in [1.82, 2.24) is 0 Å². The Labute approximate surface area is 110 Å². The highest BCUT2D eigenvalue weighted by Crippen LogP contribution is 2.31. The molecular weight excluding hydrogens is 282 g/mol. The second kappa shape index (κ2) is 5.38. The van der Waals surface area contributed by atoms with Crippen molar-refractivity contribution in [2.24, 2.45) is 0 Å². The van der Waals surface area contributed by atoms with Crippen LogP contribution in [0.5, 0.6) is 0 Å². The van der Waals surface area contributed by atoms with Gasteiger partial charge in [-0.1, -0.05) is 22.0 Å². The molecule has 1 saturated heterocycles. The Hall–Kier alpha value is -0.580. The SMILES string of the molecule is C[C@@H](O)c1ccc(N2CCCC2CO)cc1Br. The third-order valence-electron chi connectivity index (χ3n) is 3.35. The minimum Gasteiger partial charge on any atom is -0.394 e. The van der Waals surface area contributed by atoms with Crippen LogP contribution in [0.3, 0.4) is 0 Å². The summed E-state index contributed by atoms with van der Waals surface area (Å²) in [6.45, 7) is 2.95. The number of nitrogens with zero attached hydrogens (tertiary/aromatic N) is 1. The number of aliphatic hydroxyl groups is 2. The Balaban J connectivity index is 2.25. The van der Waals surface area contributed by atoms with Gasteiger partial charge in [-0.25, -0.2) is 0 Å². The minimum atomic E-state index is -0.467. The fraction of sp³-hybridized carbons (Fsp3) is 0.538. The van der Waals surface area contributed by atoms with Crippen molar-refractivity contribution >= 4 is 21.6 Å². The summed E-state index contributed by atoms with van der Waals surface area (Å²) in [5.41, 5.74) is 2.01.